The number of hydrogen-bond donors (Lipinski definition) is 3. The molecule has 2 heterocycles. The Bertz CT molecular complexity index is 1020. The van der Waals surface area contributed by atoms with Crippen molar-refractivity contribution in [2.45, 2.75) is 31.5 Å². The van der Waals surface area contributed by atoms with E-state index in [0.29, 0.717) is 17.8 Å². The van der Waals surface area contributed by atoms with Crippen molar-refractivity contribution in [2.24, 2.45) is 0 Å². The van der Waals surface area contributed by atoms with Gasteiger partial charge in [-0.2, -0.15) is 15.4 Å². The standard InChI is InChI=1S/C22H25FN6O3/c1-15(30)25-12-18-13-29(21(31)32-18)22(14-24-10-17-11-26-28-27-17)8-7-19(20(23)9-22)16-5-3-2-4-6-16/h2-8,11,18,24H,9-10,12-14H2,1H3,(H,25,30)(H,26,27,28)/t18-,22?/m0/s1. The number of aromatic amines is 1. The van der Waals surface area contributed by atoms with E-state index in [4.69, 9.17) is 4.74 Å². The molecule has 2 atom stereocenters. The average Bonchev–Trinajstić information content (AvgIpc) is 3.43. The number of amides is 2. The minimum absolute atomic E-state index is 0.00149. The second-order valence-corrected chi connectivity index (χ2v) is 7.92. The van der Waals surface area contributed by atoms with Gasteiger partial charge < -0.3 is 15.4 Å². The summed E-state index contributed by atoms with van der Waals surface area (Å²) in [6.07, 6.45) is 4.13. The molecule has 4 rings (SSSR count). The fourth-order valence-corrected chi connectivity index (χ4v) is 3.99. The molecule has 1 saturated heterocycles. The van der Waals surface area contributed by atoms with E-state index < -0.39 is 17.7 Å². The minimum Gasteiger partial charge on any atom is -0.442 e. The summed E-state index contributed by atoms with van der Waals surface area (Å²) in [6.45, 7) is 2.54. The molecule has 2 amide bonds. The van der Waals surface area contributed by atoms with Crippen LogP contribution in [0.3, 0.4) is 0 Å². The van der Waals surface area contributed by atoms with E-state index in [1.165, 1.54) is 11.8 Å². The van der Waals surface area contributed by atoms with Gasteiger partial charge in [0, 0.05) is 32.0 Å². The minimum atomic E-state index is -0.964. The SMILES string of the molecule is CC(=O)NC[C@H]1CN(C2(CNCc3cn[nH]n3)C=CC(c3ccccc3)=C(F)C2)C(=O)O1. The summed E-state index contributed by atoms with van der Waals surface area (Å²) >= 11 is 0. The molecule has 2 aliphatic rings. The van der Waals surface area contributed by atoms with Crippen LogP contribution in [0.2, 0.25) is 0 Å². The molecular weight excluding hydrogens is 415 g/mol. The number of nitrogens with one attached hydrogen (secondary N) is 3. The van der Waals surface area contributed by atoms with Gasteiger partial charge in [0.2, 0.25) is 5.91 Å². The monoisotopic (exact) mass is 440 g/mol. The Kier molecular flexibility index (Phi) is 6.31. The number of H-pyrrole nitrogens is 1. The maximum Gasteiger partial charge on any atom is 0.411 e. The number of nitrogens with zero attached hydrogens (tertiary/aromatic N) is 3. The largest absolute Gasteiger partial charge is 0.442 e. The van der Waals surface area contributed by atoms with Crippen molar-refractivity contribution in [1.82, 2.24) is 30.9 Å². The van der Waals surface area contributed by atoms with Crippen molar-refractivity contribution >= 4 is 17.6 Å². The zero-order valence-corrected chi connectivity index (χ0v) is 17.7. The molecule has 3 N–H and O–H groups in total. The third-order valence-corrected chi connectivity index (χ3v) is 5.59. The molecule has 32 heavy (non-hydrogen) atoms. The van der Waals surface area contributed by atoms with E-state index >= 15 is 4.39 Å². The number of rotatable bonds is 8. The summed E-state index contributed by atoms with van der Waals surface area (Å²) in [5.41, 5.74) is 1.01. The summed E-state index contributed by atoms with van der Waals surface area (Å²) in [5, 5.41) is 16.3. The van der Waals surface area contributed by atoms with E-state index in [0.717, 1.165) is 5.56 Å². The molecule has 1 aliphatic heterocycles. The van der Waals surface area contributed by atoms with Crippen molar-refractivity contribution in [1.29, 1.82) is 0 Å². The fourth-order valence-electron chi connectivity index (χ4n) is 3.99. The van der Waals surface area contributed by atoms with Gasteiger partial charge in [-0.25, -0.2) is 9.18 Å². The number of carbonyl (C=O) groups is 2. The van der Waals surface area contributed by atoms with Gasteiger partial charge in [0.1, 0.15) is 11.9 Å². The van der Waals surface area contributed by atoms with Crippen LogP contribution in [0.15, 0.2) is 54.5 Å². The summed E-state index contributed by atoms with van der Waals surface area (Å²) in [4.78, 5) is 25.5. The maximum atomic E-state index is 15.4. The van der Waals surface area contributed by atoms with Crippen LogP contribution in [0.4, 0.5) is 9.18 Å². The van der Waals surface area contributed by atoms with Gasteiger partial charge in [0.25, 0.3) is 0 Å². The molecule has 0 bridgehead atoms. The van der Waals surface area contributed by atoms with Gasteiger partial charge in [0.15, 0.2) is 0 Å². The molecule has 10 heteroatoms. The zero-order valence-electron chi connectivity index (χ0n) is 17.7. The number of aromatic nitrogens is 3. The lowest BCUT2D eigenvalue weighted by atomic mass is 9.84. The first-order valence-electron chi connectivity index (χ1n) is 10.4. The molecule has 1 aliphatic carbocycles. The molecule has 168 valence electrons. The highest BCUT2D eigenvalue weighted by Gasteiger charge is 2.46. The van der Waals surface area contributed by atoms with Gasteiger partial charge >= 0.3 is 6.09 Å². The van der Waals surface area contributed by atoms with Crippen LogP contribution >= 0.6 is 0 Å². The van der Waals surface area contributed by atoms with Gasteiger partial charge in [0.05, 0.1) is 30.5 Å². The normalized spacial score (nSPS) is 22.9. The van der Waals surface area contributed by atoms with E-state index in [1.807, 2.05) is 36.4 Å². The van der Waals surface area contributed by atoms with E-state index in [-0.39, 0.29) is 37.8 Å². The topological polar surface area (TPSA) is 112 Å². The molecular formula is C22H25FN6O3. The first-order valence-corrected chi connectivity index (χ1v) is 10.4. The molecule has 9 nitrogen and oxygen atoms in total. The van der Waals surface area contributed by atoms with E-state index in [1.54, 1.807) is 12.3 Å². The van der Waals surface area contributed by atoms with Gasteiger partial charge in [-0.3, -0.25) is 9.69 Å². The molecule has 1 aromatic heterocycles. The molecule has 0 spiro atoms. The Labute approximate surface area is 184 Å². The summed E-state index contributed by atoms with van der Waals surface area (Å²) in [5.74, 6) is -0.511. The van der Waals surface area contributed by atoms with Crippen LogP contribution in [0.5, 0.6) is 0 Å². The number of allylic oxidation sites excluding steroid dienone is 2. The molecule has 0 radical (unpaired) electrons. The number of hydrogen-bond acceptors (Lipinski definition) is 6. The molecule has 0 saturated carbocycles. The Morgan fingerprint density at radius 2 is 2.19 bits per heavy atom. The van der Waals surface area contributed by atoms with Crippen molar-refractivity contribution < 1.29 is 18.7 Å². The summed E-state index contributed by atoms with van der Waals surface area (Å²) in [6, 6.07) is 9.29. The highest BCUT2D eigenvalue weighted by atomic mass is 19.1. The van der Waals surface area contributed by atoms with Crippen LogP contribution in [0.1, 0.15) is 24.6 Å². The van der Waals surface area contributed by atoms with Crippen LogP contribution in [-0.4, -0.2) is 63.6 Å². The highest BCUT2D eigenvalue weighted by molar-refractivity contribution is 5.79. The summed E-state index contributed by atoms with van der Waals surface area (Å²) in [7, 11) is 0. The molecule has 2 aromatic rings. The van der Waals surface area contributed by atoms with Crippen molar-refractivity contribution in [3.63, 3.8) is 0 Å². The van der Waals surface area contributed by atoms with Crippen molar-refractivity contribution in [3.8, 4) is 0 Å². The number of cyclic esters (lactones) is 1. The Morgan fingerprint density at radius 1 is 1.38 bits per heavy atom. The number of carbonyl (C=O) groups excluding carboxylic acids is 2. The number of benzene rings is 1. The molecule has 1 unspecified atom stereocenters. The number of halogens is 1. The van der Waals surface area contributed by atoms with Gasteiger partial charge in [-0.05, 0) is 5.56 Å². The van der Waals surface area contributed by atoms with Crippen LogP contribution in [0, 0.1) is 0 Å². The zero-order chi connectivity index (χ0) is 22.6. The second kappa shape index (κ2) is 9.31. The van der Waals surface area contributed by atoms with E-state index in [2.05, 4.69) is 26.0 Å². The third-order valence-electron chi connectivity index (χ3n) is 5.59. The quantitative estimate of drug-likeness (QED) is 0.578. The van der Waals surface area contributed by atoms with Gasteiger partial charge in [-0.1, -0.05) is 42.5 Å². The smallest absolute Gasteiger partial charge is 0.411 e. The predicted molar refractivity (Wildman–Crippen MR) is 115 cm³/mol. The van der Waals surface area contributed by atoms with Crippen molar-refractivity contribution in [3.05, 3.63) is 65.8 Å². The highest BCUT2D eigenvalue weighted by Crippen LogP contribution is 2.38. The Morgan fingerprint density at radius 3 is 2.88 bits per heavy atom. The lowest BCUT2D eigenvalue weighted by molar-refractivity contribution is -0.119. The maximum absolute atomic E-state index is 15.4. The van der Waals surface area contributed by atoms with Gasteiger partial charge in [-0.15, -0.1) is 0 Å². The first kappa shape index (κ1) is 21.7. The Balaban J connectivity index is 1.55. The lowest BCUT2D eigenvalue weighted by Crippen LogP contribution is -2.55. The number of ether oxygens (including phenoxy) is 1. The van der Waals surface area contributed by atoms with Crippen molar-refractivity contribution in [2.75, 3.05) is 19.6 Å². The van der Waals surface area contributed by atoms with Crippen LogP contribution in [0.25, 0.3) is 5.57 Å². The van der Waals surface area contributed by atoms with Crippen LogP contribution < -0.4 is 10.6 Å². The molecule has 1 fully saturated rings. The predicted octanol–water partition coefficient (Wildman–Crippen LogP) is 1.93. The summed E-state index contributed by atoms with van der Waals surface area (Å²) < 4.78 is 20.8. The van der Waals surface area contributed by atoms with E-state index in [9.17, 15) is 9.59 Å². The Hall–Kier alpha value is -3.53. The lowest BCUT2D eigenvalue weighted by Gasteiger charge is -2.40. The molecule has 1 aromatic carbocycles. The first-order chi connectivity index (χ1) is 15.5. The second-order valence-electron chi connectivity index (χ2n) is 7.92. The fraction of sp³-hybridized carbons (Fsp3) is 0.364. The average molecular weight is 440 g/mol. The third kappa shape index (κ3) is 4.70. The van der Waals surface area contributed by atoms with Crippen LogP contribution in [-0.2, 0) is 16.1 Å².